The van der Waals surface area contributed by atoms with Gasteiger partial charge in [0.2, 0.25) is 0 Å². The molecule has 1 aromatic carbocycles. The maximum Gasteiger partial charge on any atom is 0.354 e. The van der Waals surface area contributed by atoms with Crippen LogP contribution in [0.4, 0.5) is 0 Å². The summed E-state index contributed by atoms with van der Waals surface area (Å²) in [7, 11) is 0. The van der Waals surface area contributed by atoms with Gasteiger partial charge in [-0.25, -0.2) is 4.79 Å². The van der Waals surface area contributed by atoms with E-state index in [4.69, 9.17) is 4.74 Å². The van der Waals surface area contributed by atoms with E-state index < -0.39 is 0 Å². The molecule has 0 amide bonds. The van der Waals surface area contributed by atoms with E-state index in [1.54, 1.807) is 6.20 Å². The van der Waals surface area contributed by atoms with Crippen LogP contribution in [0, 0.1) is 6.92 Å². The Morgan fingerprint density at radius 2 is 1.96 bits per heavy atom. The molecule has 0 aliphatic carbocycles. The largest absolute Gasteiger partial charge is 0.461 e. The van der Waals surface area contributed by atoms with E-state index in [1.807, 2.05) is 36.6 Å². The van der Waals surface area contributed by atoms with Gasteiger partial charge in [-0.1, -0.05) is 32.9 Å². The van der Waals surface area contributed by atoms with Crippen LogP contribution in [0.5, 0.6) is 0 Å². The number of hydrogen-bond acceptors (Lipinski definition) is 3. The van der Waals surface area contributed by atoms with E-state index in [-0.39, 0.29) is 11.4 Å². The van der Waals surface area contributed by atoms with Gasteiger partial charge in [-0.3, -0.25) is 4.98 Å². The normalized spacial score (nSPS) is 11.7. The van der Waals surface area contributed by atoms with Crippen molar-refractivity contribution < 1.29 is 9.53 Å². The highest BCUT2D eigenvalue weighted by Crippen LogP contribution is 2.29. The van der Waals surface area contributed by atoms with Crippen LogP contribution in [0.1, 0.15) is 55.0 Å². The van der Waals surface area contributed by atoms with Gasteiger partial charge in [-0.05, 0) is 54.7 Å². The Kier molecular flexibility index (Phi) is 4.86. The van der Waals surface area contributed by atoms with Crippen molar-refractivity contribution in [2.45, 2.75) is 46.6 Å². The molecule has 0 spiro atoms. The minimum absolute atomic E-state index is 0.0559. The van der Waals surface area contributed by atoms with Gasteiger partial charge in [0.15, 0.2) is 0 Å². The topological polar surface area (TPSA) is 44.1 Å². The van der Waals surface area contributed by atoms with Crippen molar-refractivity contribution in [3.8, 4) is 0 Å². The first kappa shape index (κ1) is 18.2. The summed E-state index contributed by atoms with van der Waals surface area (Å²) in [5, 5.41) is 1.06. The van der Waals surface area contributed by atoms with E-state index in [0.29, 0.717) is 18.8 Å². The fourth-order valence-electron chi connectivity index (χ4n) is 3.14. The number of ether oxygens (including phenoxy) is 1. The molecule has 0 saturated carbocycles. The SMILES string of the molecule is CCOC(=O)c1cc2cc(C(C)(C)C)ccc2n1Cc1cccnc1C. The number of carbonyl (C=O) groups is 1. The van der Waals surface area contributed by atoms with Gasteiger partial charge in [-0.2, -0.15) is 0 Å². The molecule has 0 atom stereocenters. The molecule has 0 bridgehead atoms. The first-order chi connectivity index (χ1) is 12.3. The number of carbonyl (C=O) groups excluding carboxylic acids is 1. The summed E-state index contributed by atoms with van der Waals surface area (Å²) in [6.07, 6.45) is 1.79. The third kappa shape index (κ3) is 3.50. The number of aromatic nitrogens is 2. The van der Waals surface area contributed by atoms with Crippen LogP contribution in [-0.2, 0) is 16.7 Å². The maximum atomic E-state index is 12.5. The van der Waals surface area contributed by atoms with Crippen LogP contribution < -0.4 is 0 Å². The summed E-state index contributed by atoms with van der Waals surface area (Å²) in [6.45, 7) is 11.3. The maximum absolute atomic E-state index is 12.5. The van der Waals surface area contributed by atoms with Gasteiger partial charge in [0.1, 0.15) is 5.69 Å². The third-order valence-electron chi connectivity index (χ3n) is 4.70. The molecule has 136 valence electrons. The summed E-state index contributed by atoms with van der Waals surface area (Å²) in [5.41, 5.74) is 4.97. The molecule has 3 aromatic rings. The molecule has 0 unspecified atom stereocenters. The predicted molar refractivity (Wildman–Crippen MR) is 105 cm³/mol. The molecule has 4 nitrogen and oxygen atoms in total. The molecule has 2 heterocycles. The van der Waals surface area contributed by atoms with Crippen molar-refractivity contribution in [2.75, 3.05) is 6.61 Å². The quantitative estimate of drug-likeness (QED) is 0.631. The summed E-state index contributed by atoms with van der Waals surface area (Å²) < 4.78 is 7.32. The number of nitrogens with zero attached hydrogens (tertiary/aromatic N) is 2. The molecule has 0 saturated heterocycles. The smallest absolute Gasteiger partial charge is 0.354 e. The third-order valence-corrected chi connectivity index (χ3v) is 4.70. The van der Waals surface area contributed by atoms with Gasteiger partial charge < -0.3 is 9.30 Å². The van der Waals surface area contributed by atoms with Crippen LogP contribution in [-0.4, -0.2) is 22.1 Å². The second-order valence-electron chi connectivity index (χ2n) is 7.61. The molecule has 0 N–H and O–H groups in total. The summed E-state index contributed by atoms with van der Waals surface area (Å²) in [4.78, 5) is 16.9. The lowest BCUT2D eigenvalue weighted by Gasteiger charge is -2.19. The van der Waals surface area contributed by atoms with E-state index in [0.717, 1.165) is 22.2 Å². The monoisotopic (exact) mass is 350 g/mol. The molecule has 2 aromatic heterocycles. The lowest BCUT2D eigenvalue weighted by atomic mass is 9.86. The highest BCUT2D eigenvalue weighted by Gasteiger charge is 2.20. The van der Waals surface area contributed by atoms with E-state index in [1.165, 1.54) is 5.56 Å². The van der Waals surface area contributed by atoms with Crippen LogP contribution in [0.15, 0.2) is 42.6 Å². The number of fused-ring (bicyclic) bond motifs is 1. The average Bonchev–Trinajstić information content (AvgIpc) is 2.94. The fourth-order valence-corrected chi connectivity index (χ4v) is 3.14. The van der Waals surface area contributed by atoms with Crippen LogP contribution in [0.25, 0.3) is 10.9 Å². The predicted octanol–water partition coefficient (Wildman–Crippen LogP) is 4.87. The van der Waals surface area contributed by atoms with Crippen LogP contribution in [0.3, 0.4) is 0 Å². The second-order valence-corrected chi connectivity index (χ2v) is 7.61. The summed E-state index contributed by atoms with van der Waals surface area (Å²) in [5.74, 6) is -0.289. The Balaban J connectivity index is 2.16. The first-order valence-corrected chi connectivity index (χ1v) is 9.02. The van der Waals surface area contributed by atoms with Gasteiger partial charge in [0.25, 0.3) is 0 Å². The summed E-state index contributed by atoms with van der Waals surface area (Å²) >= 11 is 0. The zero-order chi connectivity index (χ0) is 18.9. The number of hydrogen-bond donors (Lipinski definition) is 0. The molecule has 0 aliphatic rings. The Bertz CT molecular complexity index is 948. The summed E-state index contributed by atoms with van der Waals surface area (Å²) in [6, 6.07) is 12.3. The van der Waals surface area contributed by atoms with E-state index in [9.17, 15) is 4.79 Å². The first-order valence-electron chi connectivity index (χ1n) is 9.02. The molecule has 0 fully saturated rings. The molecule has 3 rings (SSSR count). The Hall–Kier alpha value is -2.62. The minimum atomic E-state index is -0.289. The Morgan fingerprint density at radius 1 is 1.19 bits per heavy atom. The van der Waals surface area contributed by atoms with E-state index >= 15 is 0 Å². The zero-order valence-electron chi connectivity index (χ0n) is 16.2. The molecular formula is C22H26N2O2. The molecule has 0 aliphatic heterocycles. The average molecular weight is 350 g/mol. The number of rotatable bonds is 4. The van der Waals surface area contributed by atoms with Gasteiger partial charge in [0.05, 0.1) is 13.2 Å². The van der Waals surface area contributed by atoms with Crippen LogP contribution >= 0.6 is 0 Å². The van der Waals surface area contributed by atoms with Gasteiger partial charge in [-0.15, -0.1) is 0 Å². The van der Waals surface area contributed by atoms with Crippen molar-refractivity contribution in [1.29, 1.82) is 0 Å². The standard InChI is InChI=1S/C22H26N2O2/c1-6-26-21(25)20-13-17-12-18(22(3,4)5)9-10-19(17)24(20)14-16-8-7-11-23-15(16)2/h7-13H,6,14H2,1-5H3. The van der Waals surface area contributed by atoms with Gasteiger partial charge >= 0.3 is 5.97 Å². The lowest BCUT2D eigenvalue weighted by molar-refractivity contribution is 0.0515. The highest BCUT2D eigenvalue weighted by atomic mass is 16.5. The van der Waals surface area contributed by atoms with Crippen LogP contribution in [0.2, 0.25) is 0 Å². The van der Waals surface area contributed by atoms with Crippen molar-refractivity contribution in [1.82, 2.24) is 9.55 Å². The van der Waals surface area contributed by atoms with E-state index in [2.05, 4.69) is 44.0 Å². The highest BCUT2D eigenvalue weighted by molar-refractivity contribution is 5.96. The number of aryl methyl sites for hydroxylation is 1. The van der Waals surface area contributed by atoms with Crippen molar-refractivity contribution in [3.05, 3.63) is 65.1 Å². The number of esters is 1. The van der Waals surface area contributed by atoms with Crippen molar-refractivity contribution in [2.24, 2.45) is 0 Å². The lowest BCUT2D eigenvalue weighted by Crippen LogP contribution is -2.13. The second kappa shape index (κ2) is 6.94. The molecule has 26 heavy (non-hydrogen) atoms. The Morgan fingerprint density at radius 3 is 2.62 bits per heavy atom. The molecule has 0 radical (unpaired) electrons. The zero-order valence-corrected chi connectivity index (χ0v) is 16.2. The van der Waals surface area contributed by atoms with Crippen molar-refractivity contribution >= 4 is 16.9 Å². The minimum Gasteiger partial charge on any atom is -0.461 e. The molecular weight excluding hydrogens is 324 g/mol. The number of benzene rings is 1. The number of pyridine rings is 1. The van der Waals surface area contributed by atoms with Crippen molar-refractivity contribution in [3.63, 3.8) is 0 Å². The van der Waals surface area contributed by atoms with Gasteiger partial charge in [0, 0.05) is 22.8 Å². The molecule has 4 heteroatoms. The Labute approximate surface area is 154 Å². The fraction of sp³-hybridized carbons (Fsp3) is 0.364.